The van der Waals surface area contributed by atoms with Crippen LogP contribution in [0.25, 0.3) is 0 Å². The SMILES string of the molecule is CCN(CC)CCNC(=O)CCNS(=O)(=O)c1ccc(OC(F)(F)F)cc1. The molecule has 1 aromatic carbocycles. The third kappa shape index (κ3) is 9.07. The lowest BCUT2D eigenvalue weighted by Gasteiger charge is -2.17. The van der Waals surface area contributed by atoms with Crippen molar-refractivity contribution in [3.63, 3.8) is 0 Å². The fraction of sp³-hybridized carbons (Fsp3) is 0.562. The van der Waals surface area contributed by atoms with Crippen molar-refractivity contribution >= 4 is 15.9 Å². The monoisotopic (exact) mass is 411 g/mol. The molecule has 0 aromatic heterocycles. The van der Waals surface area contributed by atoms with E-state index < -0.39 is 22.1 Å². The number of halogens is 3. The molecule has 0 aliphatic carbocycles. The number of benzene rings is 1. The molecule has 7 nitrogen and oxygen atoms in total. The maximum Gasteiger partial charge on any atom is 0.573 e. The van der Waals surface area contributed by atoms with E-state index in [1.54, 1.807) is 0 Å². The van der Waals surface area contributed by atoms with Crippen LogP contribution in [0.2, 0.25) is 0 Å². The molecule has 0 spiro atoms. The van der Waals surface area contributed by atoms with Crippen LogP contribution >= 0.6 is 0 Å². The highest BCUT2D eigenvalue weighted by molar-refractivity contribution is 7.89. The zero-order valence-electron chi connectivity index (χ0n) is 15.2. The Kier molecular flexibility index (Phi) is 9.00. The normalized spacial score (nSPS) is 12.2. The van der Waals surface area contributed by atoms with Crippen LogP contribution in [0.4, 0.5) is 13.2 Å². The maximum absolute atomic E-state index is 12.1. The fourth-order valence-corrected chi connectivity index (χ4v) is 3.22. The molecule has 2 N–H and O–H groups in total. The van der Waals surface area contributed by atoms with Gasteiger partial charge in [-0.2, -0.15) is 0 Å². The van der Waals surface area contributed by atoms with Crippen molar-refractivity contribution in [1.29, 1.82) is 0 Å². The summed E-state index contributed by atoms with van der Waals surface area (Å²) >= 11 is 0. The van der Waals surface area contributed by atoms with E-state index in [0.717, 1.165) is 37.4 Å². The van der Waals surface area contributed by atoms with Crippen LogP contribution < -0.4 is 14.8 Å². The van der Waals surface area contributed by atoms with Gasteiger partial charge in [0.15, 0.2) is 0 Å². The number of nitrogens with zero attached hydrogens (tertiary/aromatic N) is 1. The molecule has 154 valence electrons. The Morgan fingerprint density at radius 2 is 1.70 bits per heavy atom. The van der Waals surface area contributed by atoms with Crippen LogP contribution in [-0.4, -0.2) is 58.3 Å². The highest BCUT2D eigenvalue weighted by atomic mass is 32.2. The van der Waals surface area contributed by atoms with Crippen LogP contribution in [-0.2, 0) is 14.8 Å². The Morgan fingerprint density at radius 3 is 2.22 bits per heavy atom. The molecule has 0 saturated carbocycles. The van der Waals surface area contributed by atoms with E-state index in [1.165, 1.54) is 0 Å². The minimum absolute atomic E-state index is 0.0489. The first kappa shape index (κ1) is 23.2. The lowest BCUT2D eigenvalue weighted by Crippen LogP contribution is -2.36. The number of ether oxygens (including phenoxy) is 1. The Labute approximate surface area is 156 Å². The van der Waals surface area contributed by atoms with E-state index in [0.29, 0.717) is 13.1 Å². The number of nitrogens with one attached hydrogen (secondary N) is 2. The molecular weight excluding hydrogens is 387 g/mol. The van der Waals surface area contributed by atoms with E-state index in [1.807, 2.05) is 13.8 Å². The third-order valence-electron chi connectivity index (χ3n) is 3.66. The van der Waals surface area contributed by atoms with Gasteiger partial charge in [-0.25, -0.2) is 13.1 Å². The van der Waals surface area contributed by atoms with Gasteiger partial charge in [0.25, 0.3) is 0 Å². The summed E-state index contributed by atoms with van der Waals surface area (Å²) in [6.45, 7) is 6.83. The molecule has 1 rings (SSSR count). The summed E-state index contributed by atoms with van der Waals surface area (Å²) in [7, 11) is -3.93. The minimum atomic E-state index is -4.85. The second-order valence-electron chi connectivity index (χ2n) is 5.54. The van der Waals surface area contributed by atoms with Crippen molar-refractivity contribution in [2.45, 2.75) is 31.5 Å². The largest absolute Gasteiger partial charge is 0.573 e. The topological polar surface area (TPSA) is 87.7 Å². The maximum atomic E-state index is 12.1. The van der Waals surface area contributed by atoms with Crippen LogP contribution in [0.5, 0.6) is 5.75 Å². The number of carbonyl (C=O) groups is 1. The highest BCUT2D eigenvalue weighted by Crippen LogP contribution is 2.23. The molecule has 27 heavy (non-hydrogen) atoms. The molecule has 0 radical (unpaired) electrons. The summed E-state index contributed by atoms with van der Waals surface area (Å²) in [4.78, 5) is 13.6. The van der Waals surface area contributed by atoms with Gasteiger partial charge in [0.2, 0.25) is 15.9 Å². The number of rotatable bonds is 11. The predicted octanol–water partition coefficient (Wildman–Crippen LogP) is 1.71. The molecule has 0 saturated heterocycles. The lowest BCUT2D eigenvalue weighted by molar-refractivity contribution is -0.274. The quantitative estimate of drug-likeness (QED) is 0.579. The fourth-order valence-electron chi connectivity index (χ4n) is 2.18. The summed E-state index contributed by atoms with van der Waals surface area (Å²) in [6, 6.07) is 3.80. The third-order valence-corrected chi connectivity index (χ3v) is 5.13. The van der Waals surface area contributed by atoms with Crippen molar-refractivity contribution in [3.8, 4) is 5.75 Å². The highest BCUT2D eigenvalue weighted by Gasteiger charge is 2.31. The summed E-state index contributed by atoms with van der Waals surface area (Å²) in [5, 5.41) is 2.70. The van der Waals surface area contributed by atoms with Gasteiger partial charge in [0.05, 0.1) is 4.90 Å². The van der Waals surface area contributed by atoms with Crippen molar-refractivity contribution in [3.05, 3.63) is 24.3 Å². The van der Waals surface area contributed by atoms with Crippen LogP contribution in [0.3, 0.4) is 0 Å². The molecule has 0 aliphatic rings. The molecule has 1 amide bonds. The van der Waals surface area contributed by atoms with Gasteiger partial charge in [0.1, 0.15) is 5.75 Å². The standard InChI is InChI=1S/C16H24F3N3O4S/c1-3-22(4-2)12-11-20-15(23)9-10-21-27(24,25)14-7-5-13(6-8-14)26-16(17,18)19/h5-8,21H,3-4,9-12H2,1-2H3,(H,20,23). The van der Waals surface area contributed by atoms with E-state index >= 15 is 0 Å². The van der Waals surface area contributed by atoms with Gasteiger partial charge in [-0.3, -0.25) is 4.79 Å². The molecule has 0 unspecified atom stereocenters. The van der Waals surface area contributed by atoms with Crippen molar-refractivity contribution in [1.82, 2.24) is 14.9 Å². The number of hydrogen-bond acceptors (Lipinski definition) is 5. The van der Waals surface area contributed by atoms with Crippen molar-refractivity contribution in [2.24, 2.45) is 0 Å². The zero-order valence-corrected chi connectivity index (χ0v) is 16.0. The smallest absolute Gasteiger partial charge is 0.406 e. The Morgan fingerprint density at radius 1 is 1.11 bits per heavy atom. The second-order valence-corrected chi connectivity index (χ2v) is 7.31. The number of likely N-dealkylation sites (N-methyl/N-ethyl adjacent to an activating group) is 1. The van der Waals surface area contributed by atoms with Crippen molar-refractivity contribution < 1.29 is 31.1 Å². The van der Waals surface area contributed by atoms with Crippen molar-refractivity contribution in [2.75, 3.05) is 32.7 Å². The van der Waals surface area contributed by atoms with E-state index in [2.05, 4.69) is 19.7 Å². The molecule has 0 bridgehead atoms. The van der Waals surface area contributed by atoms with Crippen LogP contribution in [0, 0.1) is 0 Å². The molecule has 0 aliphatic heterocycles. The predicted molar refractivity (Wildman–Crippen MR) is 93.7 cm³/mol. The average molecular weight is 411 g/mol. The van der Waals surface area contributed by atoms with Gasteiger partial charge in [-0.1, -0.05) is 13.8 Å². The van der Waals surface area contributed by atoms with E-state index in [-0.39, 0.29) is 23.8 Å². The zero-order chi connectivity index (χ0) is 20.5. The van der Waals surface area contributed by atoms with Gasteiger partial charge in [-0.15, -0.1) is 13.2 Å². The van der Waals surface area contributed by atoms with Gasteiger partial charge < -0.3 is 15.0 Å². The summed E-state index contributed by atoms with van der Waals surface area (Å²) in [6.07, 6.45) is -4.90. The average Bonchev–Trinajstić information content (AvgIpc) is 2.57. The number of carbonyl (C=O) groups excluding carboxylic acids is 1. The lowest BCUT2D eigenvalue weighted by atomic mass is 10.3. The summed E-state index contributed by atoms with van der Waals surface area (Å²) < 4.78 is 66.4. The number of hydrogen-bond donors (Lipinski definition) is 2. The molecule has 11 heteroatoms. The van der Waals surface area contributed by atoms with Gasteiger partial charge in [-0.05, 0) is 37.4 Å². The summed E-state index contributed by atoms with van der Waals surface area (Å²) in [5.74, 6) is -0.812. The van der Waals surface area contributed by atoms with Crippen LogP contribution in [0.1, 0.15) is 20.3 Å². The first-order valence-corrected chi connectivity index (χ1v) is 9.90. The first-order chi connectivity index (χ1) is 12.6. The number of sulfonamides is 1. The van der Waals surface area contributed by atoms with E-state index in [9.17, 15) is 26.4 Å². The molecular formula is C16H24F3N3O4S. The van der Waals surface area contributed by atoms with E-state index in [4.69, 9.17) is 0 Å². The molecule has 0 atom stereocenters. The van der Waals surface area contributed by atoms with Gasteiger partial charge in [0, 0.05) is 26.1 Å². The Hall–Kier alpha value is -1.85. The first-order valence-electron chi connectivity index (χ1n) is 8.42. The Bertz CT molecular complexity index is 690. The second kappa shape index (κ2) is 10.5. The minimum Gasteiger partial charge on any atom is -0.406 e. The molecule has 0 heterocycles. The van der Waals surface area contributed by atoms with Crippen LogP contribution in [0.15, 0.2) is 29.2 Å². The molecule has 1 aromatic rings. The molecule has 0 fully saturated rings. The summed E-state index contributed by atoms with van der Waals surface area (Å²) in [5.41, 5.74) is 0. The number of amides is 1. The number of alkyl halides is 3. The van der Waals surface area contributed by atoms with Gasteiger partial charge >= 0.3 is 6.36 Å². The Balaban J connectivity index is 2.43.